The van der Waals surface area contributed by atoms with Gasteiger partial charge in [0, 0.05) is 26.7 Å². The molecule has 2 heterocycles. The van der Waals surface area contributed by atoms with Gasteiger partial charge in [-0.1, -0.05) is 0 Å². The van der Waals surface area contributed by atoms with Crippen LogP contribution in [0, 0.1) is 0 Å². The van der Waals surface area contributed by atoms with Gasteiger partial charge < -0.3 is 10.2 Å². The van der Waals surface area contributed by atoms with E-state index < -0.39 is 0 Å². The molecule has 0 aliphatic carbocycles. The molecule has 1 N–H and O–H groups in total. The van der Waals surface area contributed by atoms with Crippen molar-refractivity contribution in [3.8, 4) is 0 Å². The van der Waals surface area contributed by atoms with Gasteiger partial charge in [-0.2, -0.15) is 5.10 Å². The molecule has 1 aromatic rings. The van der Waals surface area contributed by atoms with Crippen molar-refractivity contribution in [2.45, 2.75) is 19.4 Å². The smallest absolute Gasteiger partial charge is 0.269 e. The van der Waals surface area contributed by atoms with E-state index in [1.54, 1.807) is 14.1 Å². The van der Waals surface area contributed by atoms with Crippen LogP contribution in [-0.4, -0.2) is 41.2 Å². The number of carbonyl (C=O) groups excluding carboxylic acids is 1. The molecule has 2 rings (SSSR count). The second kappa shape index (κ2) is 4.57. The maximum absolute atomic E-state index is 11.7. The molecule has 0 spiro atoms. The molecule has 6 nitrogen and oxygen atoms in total. The molecule has 0 radical (unpaired) electrons. The third kappa shape index (κ3) is 2.46. The Morgan fingerprint density at radius 1 is 1.59 bits per heavy atom. The Labute approximate surface area is 99.2 Å². The standard InChI is InChI=1S/C11H16N4O2/c1-14(2)11(17)7-15-10(16)6-9-8(13-15)4-3-5-12-9/h6,12H,3-5,7H2,1-2H3. The van der Waals surface area contributed by atoms with Gasteiger partial charge in [-0.3, -0.25) is 9.59 Å². The molecule has 1 aliphatic heterocycles. The summed E-state index contributed by atoms with van der Waals surface area (Å²) in [7, 11) is 3.32. The van der Waals surface area contributed by atoms with Crippen LogP contribution in [0.1, 0.15) is 12.1 Å². The maximum atomic E-state index is 11.7. The van der Waals surface area contributed by atoms with Gasteiger partial charge in [0.15, 0.2) is 0 Å². The Balaban J connectivity index is 2.29. The molecule has 17 heavy (non-hydrogen) atoms. The Morgan fingerprint density at radius 2 is 2.35 bits per heavy atom. The van der Waals surface area contributed by atoms with Gasteiger partial charge >= 0.3 is 0 Å². The van der Waals surface area contributed by atoms with E-state index in [0.717, 1.165) is 30.8 Å². The lowest BCUT2D eigenvalue weighted by Crippen LogP contribution is -2.34. The Kier molecular flexibility index (Phi) is 3.12. The fraction of sp³-hybridized carbons (Fsp3) is 0.545. The molecular formula is C11H16N4O2. The highest BCUT2D eigenvalue weighted by Gasteiger charge is 2.14. The van der Waals surface area contributed by atoms with Crippen molar-refractivity contribution in [3.63, 3.8) is 0 Å². The SMILES string of the molecule is CN(C)C(=O)Cn1nc2c(cc1=O)NCCC2. The van der Waals surface area contributed by atoms with E-state index >= 15 is 0 Å². The number of hydrogen-bond acceptors (Lipinski definition) is 4. The zero-order valence-corrected chi connectivity index (χ0v) is 10.1. The average molecular weight is 236 g/mol. The monoisotopic (exact) mass is 236 g/mol. The zero-order chi connectivity index (χ0) is 12.4. The van der Waals surface area contributed by atoms with E-state index in [1.807, 2.05) is 0 Å². The first-order chi connectivity index (χ1) is 8.08. The van der Waals surface area contributed by atoms with Crippen LogP contribution in [-0.2, 0) is 17.8 Å². The summed E-state index contributed by atoms with van der Waals surface area (Å²) in [6, 6.07) is 1.52. The number of aryl methyl sites for hydroxylation is 1. The van der Waals surface area contributed by atoms with E-state index in [0.29, 0.717) is 0 Å². The number of carbonyl (C=O) groups is 1. The molecule has 6 heteroatoms. The number of nitrogens with one attached hydrogen (secondary N) is 1. The largest absolute Gasteiger partial charge is 0.383 e. The molecule has 0 aromatic carbocycles. The van der Waals surface area contributed by atoms with Crippen molar-refractivity contribution in [3.05, 3.63) is 22.1 Å². The van der Waals surface area contributed by atoms with Crippen molar-refractivity contribution < 1.29 is 4.79 Å². The number of hydrogen-bond donors (Lipinski definition) is 1. The summed E-state index contributed by atoms with van der Waals surface area (Å²) in [5, 5.41) is 7.36. The molecule has 0 bridgehead atoms. The lowest BCUT2D eigenvalue weighted by atomic mass is 10.1. The molecule has 1 aliphatic rings. The minimum absolute atomic E-state index is 0.000880. The molecular weight excluding hydrogens is 220 g/mol. The van der Waals surface area contributed by atoms with Gasteiger partial charge in [0.25, 0.3) is 5.56 Å². The van der Waals surface area contributed by atoms with Crippen LogP contribution < -0.4 is 10.9 Å². The second-order valence-electron chi connectivity index (χ2n) is 4.32. The van der Waals surface area contributed by atoms with Crippen molar-refractivity contribution in [2.24, 2.45) is 0 Å². The first-order valence-electron chi connectivity index (χ1n) is 5.63. The van der Waals surface area contributed by atoms with E-state index in [4.69, 9.17) is 0 Å². The average Bonchev–Trinajstić information content (AvgIpc) is 2.29. The molecule has 0 atom stereocenters. The first-order valence-corrected chi connectivity index (χ1v) is 5.63. The number of likely N-dealkylation sites (N-methyl/N-ethyl adjacent to an activating group) is 1. The van der Waals surface area contributed by atoms with Crippen molar-refractivity contribution in [2.75, 3.05) is 26.0 Å². The van der Waals surface area contributed by atoms with Crippen molar-refractivity contribution >= 4 is 11.6 Å². The first kappa shape index (κ1) is 11.6. The molecule has 1 aromatic heterocycles. The van der Waals surface area contributed by atoms with Crippen LogP contribution in [0.15, 0.2) is 10.9 Å². The van der Waals surface area contributed by atoms with Crippen LogP contribution in [0.2, 0.25) is 0 Å². The highest BCUT2D eigenvalue weighted by atomic mass is 16.2. The van der Waals surface area contributed by atoms with Crippen molar-refractivity contribution in [1.82, 2.24) is 14.7 Å². The summed E-state index contributed by atoms with van der Waals surface area (Å²) in [6.07, 6.45) is 1.85. The minimum Gasteiger partial charge on any atom is -0.383 e. The Morgan fingerprint density at radius 3 is 3.06 bits per heavy atom. The van der Waals surface area contributed by atoms with E-state index in [2.05, 4.69) is 10.4 Å². The van der Waals surface area contributed by atoms with Crippen molar-refractivity contribution in [1.29, 1.82) is 0 Å². The van der Waals surface area contributed by atoms with Crippen LogP contribution in [0.3, 0.4) is 0 Å². The fourth-order valence-electron chi connectivity index (χ4n) is 1.73. The van der Waals surface area contributed by atoms with Crippen LogP contribution in [0.25, 0.3) is 0 Å². The summed E-state index contributed by atoms with van der Waals surface area (Å²) < 4.78 is 1.23. The van der Waals surface area contributed by atoms with Crippen LogP contribution >= 0.6 is 0 Å². The van der Waals surface area contributed by atoms with E-state index in [9.17, 15) is 9.59 Å². The number of rotatable bonds is 2. The molecule has 1 amide bonds. The lowest BCUT2D eigenvalue weighted by molar-refractivity contribution is -0.129. The number of fused-ring (bicyclic) bond motifs is 1. The molecule has 0 unspecified atom stereocenters. The molecule has 0 fully saturated rings. The second-order valence-corrected chi connectivity index (χ2v) is 4.32. The maximum Gasteiger partial charge on any atom is 0.269 e. The third-order valence-electron chi connectivity index (χ3n) is 2.76. The van der Waals surface area contributed by atoms with E-state index in [1.165, 1.54) is 15.6 Å². The number of aromatic nitrogens is 2. The summed E-state index contributed by atoms with van der Waals surface area (Å²) in [4.78, 5) is 24.7. The van der Waals surface area contributed by atoms with Gasteiger partial charge in [0.2, 0.25) is 5.91 Å². The summed E-state index contributed by atoms with van der Waals surface area (Å²) >= 11 is 0. The van der Waals surface area contributed by atoms with Gasteiger partial charge in [-0.05, 0) is 12.8 Å². The highest BCUT2D eigenvalue weighted by Crippen LogP contribution is 2.16. The fourth-order valence-corrected chi connectivity index (χ4v) is 1.73. The lowest BCUT2D eigenvalue weighted by Gasteiger charge is -2.18. The summed E-state index contributed by atoms with van der Waals surface area (Å²) in [6.45, 7) is 0.869. The predicted molar refractivity (Wildman–Crippen MR) is 64.0 cm³/mol. The van der Waals surface area contributed by atoms with Gasteiger partial charge in [0.1, 0.15) is 6.54 Å². The molecule has 0 saturated carbocycles. The number of amides is 1. The topological polar surface area (TPSA) is 67.2 Å². The summed E-state index contributed by atoms with van der Waals surface area (Å²) in [5.41, 5.74) is 1.42. The Bertz CT molecular complexity index is 493. The molecule has 0 saturated heterocycles. The van der Waals surface area contributed by atoms with Crippen LogP contribution in [0.5, 0.6) is 0 Å². The van der Waals surface area contributed by atoms with Gasteiger partial charge in [-0.25, -0.2) is 4.68 Å². The normalized spacial score (nSPS) is 13.8. The molecule has 92 valence electrons. The van der Waals surface area contributed by atoms with Crippen LogP contribution in [0.4, 0.5) is 5.69 Å². The Hall–Kier alpha value is -1.85. The zero-order valence-electron chi connectivity index (χ0n) is 10.1. The third-order valence-corrected chi connectivity index (χ3v) is 2.76. The number of nitrogens with zero attached hydrogens (tertiary/aromatic N) is 3. The number of anilines is 1. The van der Waals surface area contributed by atoms with Gasteiger partial charge in [0.05, 0.1) is 11.4 Å². The summed E-state index contributed by atoms with van der Waals surface area (Å²) in [5.74, 6) is -0.136. The quantitative estimate of drug-likeness (QED) is 0.765. The highest BCUT2D eigenvalue weighted by molar-refractivity contribution is 5.75. The van der Waals surface area contributed by atoms with Gasteiger partial charge in [-0.15, -0.1) is 0 Å². The minimum atomic E-state index is -0.242. The van der Waals surface area contributed by atoms with E-state index in [-0.39, 0.29) is 18.0 Å². The predicted octanol–water partition coefficient (Wildman–Crippen LogP) is -0.310.